The van der Waals surface area contributed by atoms with E-state index in [9.17, 15) is 18.0 Å². The van der Waals surface area contributed by atoms with E-state index >= 15 is 0 Å². The Bertz CT molecular complexity index is 1560. The van der Waals surface area contributed by atoms with Gasteiger partial charge in [-0.15, -0.1) is 5.10 Å². The summed E-state index contributed by atoms with van der Waals surface area (Å²) < 4.78 is 50.8. The molecule has 226 valence electrons. The number of hydrogen-bond donors (Lipinski definition) is 1. The standard InChI is InChI=1S/C28H30F3N9O3/c1-3-42-11-10-38-6-8-39(9-7-38)23-12-20(15-32-17-23)24-18-40(37-36-24)25-14-22(16-34-19(25)2)35-27(41)43-26-13-21(4-5-33-26)28(29,30)31/h4-5,12-18H,3,6-11H2,1-2H3,(H,35,41). The van der Waals surface area contributed by atoms with Gasteiger partial charge in [0.05, 0.1) is 53.5 Å². The predicted octanol–water partition coefficient (Wildman–Crippen LogP) is 4.22. The van der Waals surface area contributed by atoms with E-state index in [-0.39, 0.29) is 5.69 Å². The molecule has 0 bridgehead atoms. The Morgan fingerprint density at radius 3 is 2.65 bits per heavy atom. The zero-order valence-electron chi connectivity index (χ0n) is 23.6. The highest BCUT2D eigenvalue weighted by molar-refractivity contribution is 5.86. The van der Waals surface area contributed by atoms with Gasteiger partial charge in [-0.05, 0) is 32.0 Å². The third kappa shape index (κ3) is 7.61. The van der Waals surface area contributed by atoms with E-state index in [2.05, 4.69) is 40.4 Å². The number of ether oxygens (including phenoxy) is 2. The number of aromatic nitrogens is 6. The number of pyridine rings is 3. The van der Waals surface area contributed by atoms with Gasteiger partial charge in [0.1, 0.15) is 5.69 Å². The first-order chi connectivity index (χ1) is 20.7. The molecule has 43 heavy (non-hydrogen) atoms. The Kier molecular flexibility index (Phi) is 9.11. The molecule has 1 aliphatic rings. The number of amides is 1. The summed E-state index contributed by atoms with van der Waals surface area (Å²) in [5.74, 6) is -0.493. The van der Waals surface area contributed by atoms with Gasteiger partial charge in [0.15, 0.2) is 0 Å². The molecule has 4 aromatic rings. The molecule has 0 atom stereocenters. The fraction of sp³-hybridized carbons (Fsp3) is 0.357. The highest BCUT2D eigenvalue weighted by Gasteiger charge is 2.31. The molecule has 4 aromatic heterocycles. The summed E-state index contributed by atoms with van der Waals surface area (Å²) >= 11 is 0. The van der Waals surface area contributed by atoms with E-state index in [1.54, 1.807) is 25.4 Å². The van der Waals surface area contributed by atoms with Crippen LogP contribution >= 0.6 is 0 Å². The van der Waals surface area contributed by atoms with E-state index in [0.29, 0.717) is 23.1 Å². The first kappa shape index (κ1) is 29.8. The quantitative estimate of drug-likeness (QED) is 0.281. The molecule has 1 fully saturated rings. The van der Waals surface area contributed by atoms with Crippen LogP contribution in [-0.2, 0) is 10.9 Å². The minimum absolute atomic E-state index is 0.235. The van der Waals surface area contributed by atoms with Crippen molar-refractivity contribution in [1.82, 2.24) is 34.8 Å². The summed E-state index contributed by atoms with van der Waals surface area (Å²) in [4.78, 5) is 29.4. The number of nitrogens with one attached hydrogen (secondary N) is 1. The zero-order chi connectivity index (χ0) is 30.4. The fourth-order valence-corrected chi connectivity index (χ4v) is 4.52. The molecule has 0 unspecified atom stereocenters. The zero-order valence-corrected chi connectivity index (χ0v) is 23.6. The molecule has 1 amide bonds. The van der Waals surface area contributed by atoms with Crippen LogP contribution in [0.3, 0.4) is 0 Å². The van der Waals surface area contributed by atoms with Gasteiger partial charge in [0.25, 0.3) is 0 Å². The predicted molar refractivity (Wildman–Crippen MR) is 151 cm³/mol. The van der Waals surface area contributed by atoms with Crippen molar-refractivity contribution < 1.29 is 27.4 Å². The Morgan fingerprint density at radius 1 is 1.07 bits per heavy atom. The number of piperazine rings is 1. The number of hydrogen-bond acceptors (Lipinski definition) is 10. The Labute approximate surface area is 245 Å². The fourth-order valence-electron chi connectivity index (χ4n) is 4.52. The molecule has 5 rings (SSSR count). The van der Waals surface area contributed by atoms with E-state index in [1.807, 2.05) is 19.2 Å². The van der Waals surface area contributed by atoms with Crippen molar-refractivity contribution in [1.29, 1.82) is 0 Å². The van der Waals surface area contributed by atoms with Gasteiger partial charge in [-0.3, -0.25) is 20.2 Å². The number of nitrogens with zero attached hydrogens (tertiary/aromatic N) is 8. The monoisotopic (exact) mass is 597 g/mol. The van der Waals surface area contributed by atoms with Gasteiger partial charge in [-0.25, -0.2) is 14.5 Å². The number of carbonyl (C=O) groups is 1. The lowest BCUT2D eigenvalue weighted by molar-refractivity contribution is -0.137. The summed E-state index contributed by atoms with van der Waals surface area (Å²) in [5, 5.41) is 11.0. The van der Waals surface area contributed by atoms with Crippen LogP contribution in [0.5, 0.6) is 5.88 Å². The van der Waals surface area contributed by atoms with Gasteiger partial charge < -0.3 is 14.4 Å². The molecular formula is C28H30F3N9O3. The molecule has 15 heteroatoms. The molecule has 1 saturated heterocycles. The summed E-state index contributed by atoms with van der Waals surface area (Å²) in [5.41, 5.74) is 2.76. The lowest BCUT2D eigenvalue weighted by atomic mass is 10.2. The van der Waals surface area contributed by atoms with Crippen molar-refractivity contribution in [3.05, 3.63) is 66.5 Å². The van der Waals surface area contributed by atoms with Crippen LogP contribution in [0, 0.1) is 6.92 Å². The number of aryl methyl sites for hydroxylation is 1. The van der Waals surface area contributed by atoms with Crippen molar-refractivity contribution in [3.63, 3.8) is 0 Å². The van der Waals surface area contributed by atoms with E-state index in [4.69, 9.17) is 9.47 Å². The van der Waals surface area contributed by atoms with Gasteiger partial charge in [0.2, 0.25) is 5.88 Å². The van der Waals surface area contributed by atoms with Crippen LogP contribution in [-0.4, -0.2) is 86.9 Å². The Morgan fingerprint density at radius 2 is 1.88 bits per heavy atom. The third-order valence-corrected chi connectivity index (χ3v) is 6.82. The second kappa shape index (κ2) is 13.1. The number of anilines is 2. The molecule has 0 spiro atoms. The van der Waals surface area contributed by atoms with Crippen LogP contribution in [0.15, 0.2) is 55.2 Å². The number of halogens is 3. The Balaban J connectivity index is 1.25. The van der Waals surface area contributed by atoms with Crippen molar-refractivity contribution in [3.8, 4) is 22.8 Å². The minimum atomic E-state index is -4.60. The highest BCUT2D eigenvalue weighted by Crippen LogP contribution is 2.30. The van der Waals surface area contributed by atoms with Crippen molar-refractivity contribution >= 4 is 17.5 Å². The molecule has 0 aromatic carbocycles. The lowest BCUT2D eigenvalue weighted by Gasteiger charge is -2.35. The Hall–Kier alpha value is -4.63. The van der Waals surface area contributed by atoms with E-state index < -0.39 is 23.7 Å². The summed E-state index contributed by atoms with van der Waals surface area (Å²) in [6.07, 6.45) is 1.96. The smallest absolute Gasteiger partial charge is 0.391 e. The molecule has 0 radical (unpaired) electrons. The maximum absolute atomic E-state index is 13.0. The molecule has 0 saturated carbocycles. The van der Waals surface area contributed by atoms with Crippen molar-refractivity contribution in [2.45, 2.75) is 20.0 Å². The van der Waals surface area contributed by atoms with Crippen LogP contribution in [0.25, 0.3) is 16.9 Å². The van der Waals surface area contributed by atoms with Crippen LogP contribution < -0.4 is 15.0 Å². The van der Waals surface area contributed by atoms with Crippen molar-refractivity contribution in [2.75, 3.05) is 56.2 Å². The van der Waals surface area contributed by atoms with Crippen LogP contribution in [0.2, 0.25) is 0 Å². The molecule has 5 heterocycles. The third-order valence-electron chi connectivity index (χ3n) is 6.82. The maximum Gasteiger partial charge on any atom is 0.418 e. The average molecular weight is 598 g/mol. The lowest BCUT2D eigenvalue weighted by Crippen LogP contribution is -2.47. The molecule has 1 aliphatic heterocycles. The molecule has 0 aliphatic carbocycles. The molecule has 1 N–H and O–H groups in total. The summed E-state index contributed by atoms with van der Waals surface area (Å²) in [6.45, 7) is 9.77. The highest BCUT2D eigenvalue weighted by atomic mass is 19.4. The molecular weight excluding hydrogens is 567 g/mol. The topological polar surface area (TPSA) is 123 Å². The SMILES string of the molecule is CCOCCN1CCN(c2cncc(-c3cn(-c4cc(NC(=O)Oc5cc(C(F)(F)F)ccn5)cnc4C)nn3)c2)CC1. The first-order valence-corrected chi connectivity index (χ1v) is 13.6. The van der Waals surface area contributed by atoms with Gasteiger partial charge >= 0.3 is 12.3 Å². The number of carbonyl (C=O) groups excluding carboxylic acids is 1. The largest absolute Gasteiger partial charge is 0.418 e. The van der Waals surface area contributed by atoms with E-state index in [1.165, 1.54) is 10.9 Å². The number of alkyl halides is 3. The first-order valence-electron chi connectivity index (χ1n) is 13.6. The average Bonchev–Trinajstić information content (AvgIpc) is 3.49. The normalized spacial score (nSPS) is 14.1. The number of rotatable bonds is 9. The molecule has 12 nitrogen and oxygen atoms in total. The van der Waals surface area contributed by atoms with Crippen LogP contribution in [0.4, 0.5) is 29.3 Å². The van der Waals surface area contributed by atoms with Crippen molar-refractivity contribution in [2.24, 2.45) is 0 Å². The van der Waals surface area contributed by atoms with Gasteiger partial charge in [-0.1, -0.05) is 5.21 Å². The van der Waals surface area contributed by atoms with Gasteiger partial charge in [0, 0.05) is 63.4 Å². The second-order valence-corrected chi connectivity index (χ2v) is 9.73. The van der Waals surface area contributed by atoms with Gasteiger partial charge in [-0.2, -0.15) is 13.2 Å². The summed E-state index contributed by atoms with van der Waals surface area (Å²) in [6, 6.07) is 5.05. The van der Waals surface area contributed by atoms with Crippen LogP contribution in [0.1, 0.15) is 18.2 Å². The maximum atomic E-state index is 13.0. The minimum Gasteiger partial charge on any atom is -0.391 e. The second-order valence-electron chi connectivity index (χ2n) is 9.73. The summed E-state index contributed by atoms with van der Waals surface area (Å²) in [7, 11) is 0. The van der Waals surface area contributed by atoms with E-state index in [0.717, 1.165) is 69.5 Å².